The first-order valence-corrected chi connectivity index (χ1v) is 11.9. The maximum Gasteiger partial charge on any atom is 0.306 e. The van der Waals surface area contributed by atoms with E-state index in [4.69, 9.17) is 21.1 Å². The van der Waals surface area contributed by atoms with Crippen LogP contribution in [0.3, 0.4) is 0 Å². The van der Waals surface area contributed by atoms with Crippen LogP contribution in [0.4, 0.5) is 11.4 Å². The summed E-state index contributed by atoms with van der Waals surface area (Å²) in [4.78, 5) is 37.8. The number of rotatable bonds is 8. The molecule has 1 heterocycles. The van der Waals surface area contributed by atoms with Gasteiger partial charge in [0.15, 0.2) is 0 Å². The van der Waals surface area contributed by atoms with Crippen LogP contribution in [0, 0.1) is 0 Å². The number of amides is 2. The van der Waals surface area contributed by atoms with Gasteiger partial charge in [-0.25, -0.2) is 0 Å². The van der Waals surface area contributed by atoms with Crippen LogP contribution >= 0.6 is 11.6 Å². The van der Waals surface area contributed by atoms with Crippen molar-refractivity contribution in [3.63, 3.8) is 0 Å². The molecular weight excluding hydrogens is 480 g/mol. The van der Waals surface area contributed by atoms with Gasteiger partial charge in [-0.3, -0.25) is 14.4 Å². The van der Waals surface area contributed by atoms with Crippen molar-refractivity contribution >= 4 is 45.8 Å². The first-order valence-electron chi connectivity index (χ1n) is 11.5. The third kappa shape index (κ3) is 5.93. The van der Waals surface area contributed by atoms with Gasteiger partial charge in [0.05, 0.1) is 28.5 Å². The van der Waals surface area contributed by atoms with E-state index in [0.717, 1.165) is 5.56 Å². The van der Waals surface area contributed by atoms with Crippen molar-refractivity contribution in [2.24, 2.45) is 0 Å². The molecule has 0 aromatic heterocycles. The van der Waals surface area contributed by atoms with Gasteiger partial charge in [0, 0.05) is 17.7 Å². The Morgan fingerprint density at radius 3 is 2.56 bits per heavy atom. The molecule has 0 unspecified atom stereocenters. The minimum absolute atomic E-state index is 0.0225. The zero-order valence-corrected chi connectivity index (χ0v) is 20.4. The molecule has 0 saturated heterocycles. The van der Waals surface area contributed by atoms with Gasteiger partial charge in [-0.05, 0) is 55.3 Å². The molecule has 7 nitrogen and oxygen atoms in total. The van der Waals surface area contributed by atoms with Gasteiger partial charge in [0.25, 0.3) is 11.8 Å². The van der Waals surface area contributed by atoms with E-state index < -0.39 is 11.8 Å². The Labute approximate surface area is 214 Å². The predicted molar refractivity (Wildman–Crippen MR) is 139 cm³/mol. The molecular formula is C28H25ClN2O5. The second kappa shape index (κ2) is 11.6. The second-order valence-corrected chi connectivity index (χ2v) is 8.41. The molecule has 0 aliphatic carbocycles. The number of carbonyl (C=O) groups excluding carboxylic acids is 3. The third-order valence-corrected chi connectivity index (χ3v) is 5.99. The molecule has 8 heteroatoms. The number of hydrogen-bond acceptors (Lipinski definition) is 5. The fraction of sp³-hybridized carbons (Fsp3) is 0.179. The maximum absolute atomic E-state index is 13.1. The smallest absolute Gasteiger partial charge is 0.306 e. The molecule has 3 aromatic rings. The summed E-state index contributed by atoms with van der Waals surface area (Å²) in [6, 6.07) is 21.2. The molecule has 0 atom stereocenters. The van der Waals surface area contributed by atoms with E-state index in [0.29, 0.717) is 40.7 Å². The Bertz CT molecular complexity index is 1330. The zero-order chi connectivity index (χ0) is 25.5. The van der Waals surface area contributed by atoms with E-state index in [9.17, 15) is 14.4 Å². The van der Waals surface area contributed by atoms with E-state index in [2.05, 4.69) is 10.6 Å². The standard InChI is InChI=1S/C28H25ClN2O5/c1-2-35-25(32)15-14-18-8-7-9-19(16-18)30-27(33)20-10-3-5-12-23(20)31-28(34)22-17-36-24-13-6-4-11-21(24)26(22)29/h3-13,16H,2,14-15,17H2,1H3,(H,30,33)(H,31,34). The number of aryl methyl sites for hydroxylation is 1. The van der Waals surface area contributed by atoms with Gasteiger partial charge in [-0.15, -0.1) is 0 Å². The molecule has 36 heavy (non-hydrogen) atoms. The Morgan fingerprint density at radius 1 is 0.944 bits per heavy atom. The monoisotopic (exact) mass is 504 g/mol. The molecule has 2 N–H and O–H groups in total. The van der Waals surface area contributed by atoms with Crippen molar-refractivity contribution in [2.45, 2.75) is 19.8 Å². The molecule has 3 aromatic carbocycles. The van der Waals surface area contributed by atoms with Crippen LogP contribution in [-0.4, -0.2) is 31.0 Å². The van der Waals surface area contributed by atoms with Crippen molar-refractivity contribution in [1.82, 2.24) is 0 Å². The van der Waals surface area contributed by atoms with Gasteiger partial charge < -0.3 is 20.1 Å². The van der Waals surface area contributed by atoms with E-state index in [1.807, 2.05) is 18.2 Å². The summed E-state index contributed by atoms with van der Waals surface area (Å²) >= 11 is 6.49. The van der Waals surface area contributed by atoms with E-state index in [-0.39, 0.29) is 30.1 Å². The lowest BCUT2D eigenvalue weighted by Crippen LogP contribution is -2.24. The van der Waals surface area contributed by atoms with Gasteiger partial charge in [0.1, 0.15) is 12.4 Å². The first-order chi connectivity index (χ1) is 17.5. The van der Waals surface area contributed by atoms with Crippen molar-refractivity contribution in [3.8, 4) is 5.75 Å². The Balaban J connectivity index is 1.47. The van der Waals surface area contributed by atoms with Gasteiger partial charge >= 0.3 is 5.97 Å². The molecule has 0 fully saturated rings. The quantitative estimate of drug-likeness (QED) is 0.400. The summed E-state index contributed by atoms with van der Waals surface area (Å²) in [5, 5.41) is 5.96. The van der Waals surface area contributed by atoms with Gasteiger partial charge in [-0.2, -0.15) is 0 Å². The molecule has 1 aliphatic rings. The largest absolute Gasteiger partial charge is 0.488 e. The van der Waals surface area contributed by atoms with Crippen LogP contribution < -0.4 is 15.4 Å². The minimum atomic E-state index is -0.448. The number of anilines is 2. The predicted octanol–water partition coefficient (Wildman–Crippen LogP) is 5.42. The first kappa shape index (κ1) is 25.0. The van der Waals surface area contributed by atoms with Crippen molar-refractivity contribution < 1.29 is 23.9 Å². The SMILES string of the molecule is CCOC(=O)CCc1cccc(NC(=O)c2ccccc2NC(=O)C2=C(Cl)c3ccccc3OC2)c1. The van der Waals surface area contributed by atoms with Crippen molar-refractivity contribution in [1.29, 1.82) is 0 Å². The van der Waals surface area contributed by atoms with E-state index in [1.54, 1.807) is 61.5 Å². The van der Waals surface area contributed by atoms with Crippen LogP contribution in [0.1, 0.15) is 34.8 Å². The number of ether oxygens (including phenoxy) is 2. The normalized spacial score (nSPS) is 12.3. The van der Waals surface area contributed by atoms with Crippen LogP contribution in [0.25, 0.3) is 5.03 Å². The van der Waals surface area contributed by atoms with Crippen molar-refractivity contribution in [3.05, 3.63) is 95.1 Å². The third-order valence-electron chi connectivity index (χ3n) is 5.56. The van der Waals surface area contributed by atoms with Gasteiger partial charge in [0.2, 0.25) is 0 Å². The number of fused-ring (bicyclic) bond motifs is 1. The Hall–Kier alpha value is -4.10. The van der Waals surface area contributed by atoms with Crippen LogP contribution in [0.2, 0.25) is 0 Å². The van der Waals surface area contributed by atoms with Crippen LogP contribution in [0.5, 0.6) is 5.75 Å². The number of esters is 1. The van der Waals surface area contributed by atoms with Gasteiger partial charge in [-0.1, -0.05) is 48.0 Å². The fourth-order valence-electron chi connectivity index (χ4n) is 3.79. The highest BCUT2D eigenvalue weighted by molar-refractivity contribution is 6.51. The molecule has 1 aliphatic heterocycles. The maximum atomic E-state index is 13.1. The van der Waals surface area contributed by atoms with E-state index >= 15 is 0 Å². The molecule has 0 bridgehead atoms. The summed E-state index contributed by atoms with van der Waals surface area (Å²) in [7, 11) is 0. The zero-order valence-electron chi connectivity index (χ0n) is 19.7. The van der Waals surface area contributed by atoms with Crippen molar-refractivity contribution in [2.75, 3.05) is 23.8 Å². The number of carbonyl (C=O) groups is 3. The Morgan fingerprint density at radius 2 is 1.72 bits per heavy atom. The summed E-state index contributed by atoms with van der Waals surface area (Å²) in [6.45, 7) is 2.13. The highest BCUT2D eigenvalue weighted by atomic mass is 35.5. The summed E-state index contributed by atoms with van der Waals surface area (Å²) in [5.74, 6) is -0.489. The molecule has 0 radical (unpaired) electrons. The highest BCUT2D eigenvalue weighted by Crippen LogP contribution is 2.35. The van der Waals surface area contributed by atoms with Crippen LogP contribution in [0.15, 0.2) is 78.4 Å². The number of para-hydroxylation sites is 2. The number of benzene rings is 3. The average molecular weight is 505 g/mol. The lowest BCUT2D eigenvalue weighted by molar-refractivity contribution is -0.143. The number of nitrogens with one attached hydrogen (secondary N) is 2. The van der Waals surface area contributed by atoms with Crippen LogP contribution in [-0.2, 0) is 20.7 Å². The number of halogens is 1. The molecule has 4 rings (SSSR count). The lowest BCUT2D eigenvalue weighted by atomic mass is 10.1. The molecule has 0 saturated carbocycles. The summed E-state index contributed by atoms with van der Waals surface area (Å²) in [5.41, 5.74) is 3.02. The highest BCUT2D eigenvalue weighted by Gasteiger charge is 2.24. The Kier molecular flexibility index (Phi) is 8.02. The minimum Gasteiger partial charge on any atom is -0.488 e. The summed E-state index contributed by atoms with van der Waals surface area (Å²) in [6.07, 6.45) is 0.753. The average Bonchev–Trinajstić information content (AvgIpc) is 2.88. The molecule has 2 amide bonds. The number of hydrogen-bond donors (Lipinski definition) is 2. The van der Waals surface area contributed by atoms with E-state index in [1.165, 1.54) is 0 Å². The lowest BCUT2D eigenvalue weighted by Gasteiger charge is -2.20. The fourth-order valence-corrected chi connectivity index (χ4v) is 4.08. The molecule has 0 spiro atoms. The summed E-state index contributed by atoms with van der Waals surface area (Å²) < 4.78 is 10.6. The molecule has 184 valence electrons. The topological polar surface area (TPSA) is 93.7 Å². The second-order valence-electron chi connectivity index (χ2n) is 8.04.